The number of benzene rings is 1. The van der Waals surface area contributed by atoms with E-state index >= 15 is 0 Å². The second-order valence-corrected chi connectivity index (χ2v) is 7.62. The van der Waals surface area contributed by atoms with Crippen molar-refractivity contribution in [2.75, 3.05) is 40.3 Å². The molecule has 0 unspecified atom stereocenters. The number of ether oxygens (including phenoxy) is 1. The Morgan fingerprint density at radius 2 is 1.93 bits per heavy atom. The number of piperidine rings is 1. The van der Waals surface area contributed by atoms with E-state index in [0.29, 0.717) is 12.3 Å². The van der Waals surface area contributed by atoms with Gasteiger partial charge in [-0.05, 0) is 62.0 Å². The minimum atomic E-state index is 0.150. The quantitative estimate of drug-likeness (QED) is 0.705. The number of aromatic nitrogens is 1. The first kappa shape index (κ1) is 20.3. The van der Waals surface area contributed by atoms with E-state index in [4.69, 9.17) is 4.74 Å². The minimum Gasteiger partial charge on any atom is -0.496 e. The highest BCUT2D eigenvalue weighted by molar-refractivity contribution is 5.78. The predicted octanol–water partition coefficient (Wildman–Crippen LogP) is 3.05. The molecule has 1 aromatic heterocycles. The number of likely N-dealkylation sites (tertiary alicyclic amines) is 1. The molecule has 1 fully saturated rings. The third kappa shape index (κ3) is 5.80. The van der Waals surface area contributed by atoms with Gasteiger partial charge in [0, 0.05) is 32.0 Å². The third-order valence-corrected chi connectivity index (χ3v) is 5.61. The molecule has 1 aromatic carbocycles. The van der Waals surface area contributed by atoms with Crippen LogP contribution in [-0.4, -0.2) is 61.0 Å². The number of rotatable bonds is 8. The molecule has 2 heterocycles. The fraction of sp³-hybridized carbons (Fsp3) is 0.478. The summed E-state index contributed by atoms with van der Waals surface area (Å²) in [6.45, 7) is 4.09. The maximum absolute atomic E-state index is 12.4. The van der Waals surface area contributed by atoms with Crippen LogP contribution in [0.2, 0.25) is 0 Å². The molecule has 1 aliphatic rings. The Labute approximate surface area is 168 Å². The number of hydrogen-bond acceptors (Lipinski definition) is 4. The first-order chi connectivity index (χ1) is 13.7. The summed E-state index contributed by atoms with van der Waals surface area (Å²) in [6, 6.07) is 14.0. The molecule has 28 heavy (non-hydrogen) atoms. The molecule has 3 rings (SSSR count). The Bertz CT molecular complexity index is 743. The van der Waals surface area contributed by atoms with Crippen molar-refractivity contribution < 1.29 is 9.53 Å². The van der Waals surface area contributed by atoms with Crippen molar-refractivity contribution in [2.24, 2.45) is 5.92 Å². The van der Waals surface area contributed by atoms with Gasteiger partial charge in [-0.25, -0.2) is 0 Å². The van der Waals surface area contributed by atoms with E-state index in [-0.39, 0.29) is 5.91 Å². The number of methoxy groups -OCH3 is 1. The predicted molar refractivity (Wildman–Crippen MR) is 111 cm³/mol. The molecule has 1 aliphatic heterocycles. The van der Waals surface area contributed by atoms with Gasteiger partial charge in [-0.3, -0.25) is 9.78 Å². The van der Waals surface area contributed by atoms with Gasteiger partial charge >= 0.3 is 0 Å². The standard InChI is InChI=1S/C23H31N3O2/c1-25(23(27)17-21-8-5-6-13-24-21)18-19-10-14-26(15-11-19)16-12-20-7-3-4-9-22(20)28-2/h3-9,13,19H,10-12,14-18H2,1-2H3. The third-order valence-electron chi connectivity index (χ3n) is 5.61. The fourth-order valence-corrected chi connectivity index (χ4v) is 3.86. The van der Waals surface area contributed by atoms with Crippen LogP contribution in [0.3, 0.4) is 0 Å². The van der Waals surface area contributed by atoms with E-state index in [2.05, 4.69) is 22.0 Å². The lowest BCUT2D eigenvalue weighted by atomic mass is 9.95. The summed E-state index contributed by atoms with van der Waals surface area (Å²) in [5, 5.41) is 0. The summed E-state index contributed by atoms with van der Waals surface area (Å²) in [5.74, 6) is 1.71. The Morgan fingerprint density at radius 1 is 1.18 bits per heavy atom. The van der Waals surface area contributed by atoms with Crippen molar-refractivity contribution in [1.82, 2.24) is 14.8 Å². The number of para-hydroxylation sites is 1. The smallest absolute Gasteiger partial charge is 0.228 e. The summed E-state index contributed by atoms with van der Waals surface area (Å²) in [5.41, 5.74) is 2.11. The molecule has 0 bridgehead atoms. The molecule has 0 N–H and O–H groups in total. The van der Waals surface area contributed by atoms with E-state index in [1.54, 1.807) is 13.3 Å². The van der Waals surface area contributed by atoms with Crippen molar-refractivity contribution in [3.05, 3.63) is 59.9 Å². The molecule has 0 aliphatic carbocycles. The van der Waals surface area contributed by atoms with Crippen molar-refractivity contribution in [3.8, 4) is 5.75 Å². The molecule has 5 heteroatoms. The first-order valence-corrected chi connectivity index (χ1v) is 10.1. The SMILES string of the molecule is COc1ccccc1CCN1CCC(CN(C)C(=O)Cc2ccccn2)CC1. The molecular formula is C23H31N3O2. The summed E-state index contributed by atoms with van der Waals surface area (Å²) < 4.78 is 5.45. The molecule has 0 spiro atoms. The summed E-state index contributed by atoms with van der Waals surface area (Å²) in [7, 11) is 3.65. The highest BCUT2D eigenvalue weighted by Crippen LogP contribution is 2.21. The average Bonchev–Trinajstić information content (AvgIpc) is 2.74. The molecule has 5 nitrogen and oxygen atoms in total. The Balaban J connectivity index is 1.39. The summed E-state index contributed by atoms with van der Waals surface area (Å²) in [6.07, 6.45) is 5.43. The van der Waals surface area contributed by atoms with Crippen LogP contribution in [-0.2, 0) is 17.6 Å². The average molecular weight is 382 g/mol. The molecule has 150 valence electrons. The first-order valence-electron chi connectivity index (χ1n) is 10.1. The normalized spacial score (nSPS) is 15.4. The fourth-order valence-electron chi connectivity index (χ4n) is 3.86. The van der Waals surface area contributed by atoms with Crippen LogP contribution in [0.25, 0.3) is 0 Å². The van der Waals surface area contributed by atoms with Gasteiger partial charge < -0.3 is 14.5 Å². The van der Waals surface area contributed by atoms with Gasteiger partial charge in [-0.15, -0.1) is 0 Å². The molecular weight excluding hydrogens is 350 g/mol. The lowest BCUT2D eigenvalue weighted by Crippen LogP contribution is -2.40. The number of nitrogens with zero attached hydrogens (tertiary/aromatic N) is 3. The van der Waals surface area contributed by atoms with Crippen molar-refractivity contribution in [3.63, 3.8) is 0 Å². The van der Waals surface area contributed by atoms with Gasteiger partial charge in [0.2, 0.25) is 5.91 Å². The maximum atomic E-state index is 12.4. The van der Waals surface area contributed by atoms with Gasteiger partial charge in [0.25, 0.3) is 0 Å². The zero-order valence-corrected chi connectivity index (χ0v) is 17.0. The van der Waals surface area contributed by atoms with Crippen LogP contribution in [0.15, 0.2) is 48.7 Å². The van der Waals surface area contributed by atoms with E-state index in [1.807, 2.05) is 42.3 Å². The van der Waals surface area contributed by atoms with E-state index < -0.39 is 0 Å². The molecule has 0 atom stereocenters. The number of hydrogen-bond donors (Lipinski definition) is 0. The second-order valence-electron chi connectivity index (χ2n) is 7.62. The number of carbonyl (C=O) groups excluding carboxylic acids is 1. The molecule has 0 radical (unpaired) electrons. The lowest BCUT2D eigenvalue weighted by molar-refractivity contribution is -0.130. The van der Waals surface area contributed by atoms with E-state index in [0.717, 1.165) is 56.9 Å². The molecule has 2 aromatic rings. The summed E-state index contributed by atoms with van der Waals surface area (Å²) in [4.78, 5) is 21.1. The Hall–Kier alpha value is -2.40. The minimum absolute atomic E-state index is 0.150. The van der Waals surface area contributed by atoms with Gasteiger partial charge in [-0.2, -0.15) is 0 Å². The van der Waals surface area contributed by atoms with E-state index in [1.165, 1.54) is 5.56 Å². The highest BCUT2D eigenvalue weighted by atomic mass is 16.5. The Morgan fingerprint density at radius 3 is 2.64 bits per heavy atom. The lowest BCUT2D eigenvalue weighted by Gasteiger charge is -2.34. The van der Waals surface area contributed by atoms with Crippen LogP contribution in [0.4, 0.5) is 0 Å². The number of likely N-dealkylation sites (N-methyl/N-ethyl adjacent to an activating group) is 1. The van der Waals surface area contributed by atoms with Crippen molar-refractivity contribution in [1.29, 1.82) is 0 Å². The monoisotopic (exact) mass is 381 g/mol. The summed E-state index contributed by atoms with van der Waals surface area (Å²) >= 11 is 0. The van der Waals surface area contributed by atoms with Crippen LogP contribution < -0.4 is 4.74 Å². The van der Waals surface area contributed by atoms with Gasteiger partial charge in [0.1, 0.15) is 5.75 Å². The van der Waals surface area contributed by atoms with Crippen molar-refractivity contribution >= 4 is 5.91 Å². The largest absolute Gasteiger partial charge is 0.496 e. The molecule has 1 amide bonds. The Kier molecular flexibility index (Phi) is 7.43. The maximum Gasteiger partial charge on any atom is 0.228 e. The second kappa shape index (κ2) is 10.2. The zero-order chi connectivity index (χ0) is 19.8. The number of pyridine rings is 1. The molecule has 0 saturated carbocycles. The van der Waals surface area contributed by atoms with E-state index in [9.17, 15) is 4.79 Å². The van der Waals surface area contributed by atoms with Crippen molar-refractivity contribution in [2.45, 2.75) is 25.7 Å². The van der Waals surface area contributed by atoms with Crippen LogP contribution >= 0.6 is 0 Å². The van der Waals surface area contributed by atoms with Gasteiger partial charge in [-0.1, -0.05) is 24.3 Å². The van der Waals surface area contributed by atoms with Crippen LogP contribution in [0.1, 0.15) is 24.1 Å². The highest BCUT2D eigenvalue weighted by Gasteiger charge is 2.22. The van der Waals surface area contributed by atoms with Crippen LogP contribution in [0, 0.1) is 5.92 Å². The molecule has 1 saturated heterocycles. The van der Waals surface area contributed by atoms with Crippen LogP contribution in [0.5, 0.6) is 5.75 Å². The topological polar surface area (TPSA) is 45.7 Å². The van der Waals surface area contributed by atoms with Gasteiger partial charge in [0.05, 0.1) is 13.5 Å². The zero-order valence-electron chi connectivity index (χ0n) is 17.0. The number of amides is 1. The van der Waals surface area contributed by atoms with Gasteiger partial charge in [0.15, 0.2) is 0 Å². The number of carbonyl (C=O) groups is 1.